The molecule has 1 rings (SSSR count). The minimum absolute atomic E-state index is 0.242. The van der Waals surface area contributed by atoms with Crippen LogP contribution in [0.3, 0.4) is 0 Å². The second-order valence-corrected chi connectivity index (χ2v) is 6.69. The third-order valence-corrected chi connectivity index (χ3v) is 3.83. The number of rotatable bonds is 8. The van der Waals surface area contributed by atoms with Crippen LogP contribution in [-0.4, -0.2) is 38.8 Å². The van der Waals surface area contributed by atoms with Gasteiger partial charge in [0.05, 0.1) is 0 Å². The monoisotopic (exact) mass is 298 g/mol. The van der Waals surface area contributed by atoms with Crippen molar-refractivity contribution in [3.8, 4) is 0 Å². The summed E-state index contributed by atoms with van der Waals surface area (Å²) in [6, 6.07) is 0.242. The van der Waals surface area contributed by atoms with Crippen LogP contribution in [0.25, 0.3) is 0 Å². The summed E-state index contributed by atoms with van der Waals surface area (Å²) in [5.41, 5.74) is 1.04. The first-order valence-electron chi connectivity index (χ1n) is 7.09. The molecule has 0 aromatic carbocycles. The smallest absolute Gasteiger partial charge is 0.134 e. The molecule has 2 unspecified atom stereocenters. The molecule has 1 aromatic heterocycles. The molecule has 1 heterocycles. The predicted molar refractivity (Wildman–Crippen MR) is 86.9 cm³/mol. The largest absolute Gasteiger partial charge is 0.370 e. The zero-order valence-electron chi connectivity index (χ0n) is 13.1. The van der Waals surface area contributed by atoms with Gasteiger partial charge in [-0.15, -0.1) is 0 Å². The van der Waals surface area contributed by atoms with Crippen LogP contribution >= 0.6 is 0 Å². The molecule has 0 saturated heterocycles. The van der Waals surface area contributed by atoms with Gasteiger partial charge in [0.2, 0.25) is 0 Å². The summed E-state index contributed by atoms with van der Waals surface area (Å²) in [5, 5.41) is 6.73. The minimum Gasteiger partial charge on any atom is -0.370 e. The van der Waals surface area contributed by atoms with Gasteiger partial charge in [-0.2, -0.15) is 0 Å². The van der Waals surface area contributed by atoms with Crippen molar-refractivity contribution in [1.29, 1.82) is 0 Å². The van der Waals surface area contributed by atoms with E-state index < -0.39 is 10.8 Å². The van der Waals surface area contributed by atoms with Crippen LogP contribution in [0.4, 0.5) is 11.6 Å². The Kier molecular flexibility index (Phi) is 6.91. The van der Waals surface area contributed by atoms with Crippen molar-refractivity contribution < 1.29 is 4.21 Å². The third-order valence-electron chi connectivity index (χ3n) is 3.02. The van der Waals surface area contributed by atoms with E-state index in [0.717, 1.165) is 42.4 Å². The molecule has 1 aromatic rings. The van der Waals surface area contributed by atoms with Crippen LogP contribution in [0.2, 0.25) is 0 Å². The molecule has 20 heavy (non-hydrogen) atoms. The molecular formula is C14H26N4OS. The van der Waals surface area contributed by atoms with E-state index in [-0.39, 0.29) is 6.04 Å². The normalized spacial score (nSPS) is 13.8. The molecule has 6 heteroatoms. The Morgan fingerprint density at radius 2 is 1.90 bits per heavy atom. The quantitative estimate of drug-likeness (QED) is 0.772. The van der Waals surface area contributed by atoms with Gasteiger partial charge in [-0.05, 0) is 33.6 Å². The van der Waals surface area contributed by atoms with Crippen LogP contribution in [0.1, 0.15) is 38.1 Å². The van der Waals surface area contributed by atoms with Gasteiger partial charge in [0.25, 0.3) is 0 Å². The molecular weight excluding hydrogens is 272 g/mol. The number of hydrogen-bond donors (Lipinski definition) is 2. The van der Waals surface area contributed by atoms with Crippen molar-refractivity contribution in [2.45, 2.75) is 46.6 Å². The summed E-state index contributed by atoms with van der Waals surface area (Å²) in [6.45, 7) is 9.03. The Bertz CT molecular complexity index is 465. The fraction of sp³-hybridized carbons (Fsp3) is 0.714. The Balaban J connectivity index is 2.78. The molecule has 0 fully saturated rings. The maximum atomic E-state index is 11.1. The number of aryl methyl sites for hydroxylation is 1. The van der Waals surface area contributed by atoms with Crippen molar-refractivity contribution >= 4 is 22.4 Å². The molecule has 0 spiro atoms. The molecule has 0 saturated carbocycles. The van der Waals surface area contributed by atoms with Crippen molar-refractivity contribution in [2.75, 3.05) is 29.2 Å². The highest BCUT2D eigenvalue weighted by Gasteiger charge is 2.11. The molecule has 0 bridgehead atoms. The van der Waals surface area contributed by atoms with Crippen molar-refractivity contribution in [3.05, 3.63) is 11.4 Å². The predicted octanol–water partition coefficient (Wildman–Crippen LogP) is 2.48. The highest BCUT2D eigenvalue weighted by molar-refractivity contribution is 7.84. The van der Waals surface area contributed by atoms with Crippen LogP contribution in [0.5, 0.6) is 0 Å². The summed E-state index contributed by atoms with van der Waals surface area (Å²) in [6.07, 6.45) is 3.66. The van der Waals surface area contributed by atoms with E-state index in [4.69, 9.17) is 0 Å². The van der Waals surface area contributed by atoms with E-state index in [1.54, 1.807) is 6.26 Å². The summed E-state index contributed by atoms with van der Waals surface area (Å²) in [7, 11) is -0.748. The fourth-order valence-corrected chi connectivity index (χ4v) is 2.52. The van der Waals surface area contributed by atoms with Gasteiger partial charge < -0.3 is 10.6 Å². The van der Waals surface area contributed by atoms with Gasteiger partial charge in [0.1, 0.15) is 17.5 Å². The molecule has 0 radical (unpaired) electrons. The third kappa shape index (κ3) is 5.45. The van der Waals surface area contributed by atoms with E-state index in [9.17, 15) is 4.21 Å². The number of hydrogen-bond acceptors (Lipinski definition) is 5. The maximum Gasteiger partial charge on any atom is 0.134 e. The Hall–Kier alpha value is -1.17. The lowest BCUT2D eigenvalue weighted by molar-refractivity contribution is 0.678. The lowest BCUT2D eigenvalue weighted by atomic mass is 10.2. The number of aromatic nitrogens is 2. The van der Waals surface area contributed by atoms with Crippen molar-refractivity contribution in [2.24, 2.45) is 0 Å². The molecule has 5 nitrogen and oxygen atoms in total. The minimum atomic E-state index is -0.748. The van der Waals surface area contributed by atoms with E-state index in [1.165, 1.54) is 0 Å². The van der Waals surface area contributed by atoms with E-state index in [2.05, 4.69) is 34.4 Å². The van der Waals surface area contributed by atoms with Crippen molar-refractivity contribution in [3.63, 3.8) is 0 Å². The Morgan fingerprint density at radius 3 is 2.50 bits per heavy atom. The lowest BCUT2D eigenvalue weighted by Gasteiger charge is -2.18. The SMILES string of the molecule is CCCNc1nc(C)nc(NC(C)CCS(C)=O)c1C. The van der Waals surface area contributed by atoms with Crippen LogP contribution in [-0.2, 0) is 10.8 Å². The van der Waals surface area contributed by atoms with Gasteiger partial charge in [-0.25, -0.2) is 9.97 Å². The first kappa shape index (κ1) is 16.9. The summed E-state index contributed by atoms with van der Waals surface area (Å²) < 4.78 is 11.1. The topological polar surface area (TPSA) is 66.9 Å². The summed E-state index contributed by atoms with van der Waals surface area (Å²) >= 11 is 0. The average Bonchev–Trinajstić information content (AvgIpc) is 2.38. The molecule has 2 atom stereocenters. The van der Waals surface area contributed by atoms with E-state index >= 15 is 0 Å². The highest BCUT2D eigenvalue weighted by atomic mass is 32.2. The zero-order chi connectivity index (χ0) is 15.1. The van der Waals surface area contributed by atoms with Gasteiger partial charge in [-0.1, -0.05) is 6.92 Å². The second-order valence-electron chi connectivity index (χ2n) is 5.13. The van der Waals surface area contributed by atoms with Gasteiger partial charge in [0.15, 0.2) is 0 Å². The molecule has 2 N–H and O–H groups in total. The van der Waals surface area contributed by atoms with Gasteiger partial charge in [0, 0.05) is 41.0 Å². The number of nitrogens with zero attached hydrogens (tertiary/aromatic N) is 2. The highest BCUT2D eigenvalue weighted by Crippen LogP contribution is 2.21. The Morgan fingerprint density at radius 1 is 1.25 bits per heavy atom. The van der Waals surface area contributed by atoms with Gasteiger partial charge >= 0.3 is 0 Å². The molecule has 0 aliphatic rings. The molecule has 0 aliphatic heterocycles. The molecule has 0 amide bonds. The van der Waals surface area contributed by atoms with Crippen LogP contribution in [0, 0.1) is 13.8 Å². The number of nitrogens with one attached hydrogen (secondary N) is 2. The van der Waals surface area contributed by atoms with Crippen LogP contribution < -0.4 is 10.6 Å². The first-order chi connectivity index (χ1) is 9.43. The maximum absolute atomic E-state index is 11.1. The summed E-state index contributed by atoms with van der Waals surface area (Å²) in [4.78, 5) is 8.91. The van der Waals surface area contributed by atoms with Gasteiger partial charge in [-0.3, -0.25) is 4.21 Å². The fourth-order valence-electron chi connectivity index (χ4n) is 1.83. The lowest BCUT2D eigenvalue weighted by Crippen LogP contribution is -2.20. The van der Waals surface area contributed by atoms with E-state index in [0.29, 0.717) is 5.75 Å². The Labute approximate surface area is 124 Å². The first-order valence-corrected chi connectivity index (χ1v) is 8.82. The average molecular weight is 298 g/mol. The zero-order valence-corrected chi connectivity index (χ0v) is 13.9. The molecule has 0 aliphatic carbocycles. The van der Waals surface area contributed by atoms with Crippen molar-refractivity contribution in [1.82, 2.24) is 9.97 Å². The molecule has 114 valence electrons. The summed E-state index contributed by atoms with van der Waals surface area (Å²) in [5.74, 6) is 3.22. The second kappa shape index (κ2) is 8.19. The number of anilines is 2. The van der Waals surface area contributed by atoms with Crippen LogP contribution in [0.15, 0.2) is 0 Å². The standard InChI is InChI=1S/C14H26N4OS/c1-6-8-15-13-11(3)14(18-12(4)17-13)16-10(2)7-9-20(5)19/h10H,6-9H2,1-5H3,(H2,15,16,17,18). The van der Waals surface area contributed by atoms with E-state index in [1.807, 2.05) is 13.8 Å².